The Bertz CT molecular complexity index is 675. The first-order valence-corrected chi connectivity index (χ1v) is 10.3. The van der Waals surface area contributed by atoms with Crippen molar-refractivity contribution in [3.05, 3.63) is 0 Å². The predicted octanol–water partition coefficient (Wildman–Crippen LogP) is -0.0869. The fourth-order valence-corrected chi connectivity index (χ4v) is 5.45. The van der Waals surface area contributed by atoms with Crippen LogP contribution in [0, 0.1) is 0 Å². The lowest BCUT2D eigenvalue weighted by Crippen LogP contribution is -2.26. The molecule has 0 aromatic heterocycles. The fourth-order valence-electron chi connectivity index (χ4n) is 0.531. The molecule has 0 N–H and O–H groups in total. The standard InChI is InChI=1S/C3H6F3O10PS3/c1-18(8,9)14-17(7,15-19(2,10)11)16-20(12,13)3(4,5)6/h1-2H3. The molecule has 20 heavy (non-hydrogen) atoms. The molecule has 0 aromatic carbocycles. The van der Waals surface area contributed by atoms with Crippen LogP contribution in [0.3, 0.4) is 0 Å². The smallest absolute Gasteiger partial charge is 0.224 e. The lowest BCUT2D eigenvalue weighted by Gasteiger charge is -2.15. The highest BCUT2D eigenvalue weighted by Crippen LogP contribution is 2.55. The maximum atomic E-state index is 12.0. The maximum Gasteiger partial charge on any atom is 0.523 e. The molecule has 0 spiro atoms. The molecule has 122 valence electrons. The summed E-state index contributed by atoms with van der Waals surface area (Å²) in [6.07, 6.45) is 0.268. The van der Waals surface area contributed by atoms with Gasteiger partial charge in [-0.3, -0.25) is 0 Å². The Morgan fingerprint density at radius 1 is 0.800 bits per heavy atom. The summed E-state index contributed by atoms with van der Waals surface area (Å²) in [7, 11) is -22.6. The first kappa shape index (κ1) is 19.8. The van der Waals surface area contributed by atoms with Crippen LogP contribution in [-0.4, -0.2) is 43.3 Å². The molecule has 0 aliphatic carbocycles. The summed E-state index contributed by atoms with van der Waals surface area (Å²) in [4.78, 5) is 0. The van der Waals surface area contributed by atoms with Crippen LogP contribution in [0.1, 0.15) is 0 Å². The topological polar surface area (TPSA) is 147 Å². The van der Waals surface area contributed by atoms with Crippen molar-refractivity contribution in [1.29, 1.82) is 0 Å². The molecule has 0 radical (unpaired) electrons. The Kier molecular flexibility index (Phi) is 5.44. The molecule has 0 aliphatic heterocycles. The predicted molar refractivity (Wildman–Crippen MR) is 55.5 cm³/mol. The Labute approximate surface area is 111 Å². The largest absolute Gasteiger partial charge is 0.523 e. The van der Waals surface area contributed by atoms with Crippen molar-refractivity contribution in [2.75, 3.05) is 12.5 Å². The third-order valence-corrected chi connectivity index (χ3v) is 6.64. The third kappa shape index (κ3) is 6.96. The highest BCUT2D eigenvalue weighted by Gasteiger charge is 2.54. The lowest BCUT2D eigenvalue weighted by molar-refractivity contribution is -0.0507. The summed E-state index contributed by atoms with van der Waals surface area (Å²) in [6.45, 7) is 0. The number of alkyl halides is 3. The molecule has 17 heteroatoms. The molecule has 10 nitrogen and oxygen atoms in total. The zero-order valence-electron chi connectivity index (χ0n) is 9.39. The van der Waals surface area contributed by atoms with E-state index in [2.05, 4.69) is 11.9 Å². The molecular formula is C3H6F3O10PS3. The molecule has 0 atom stereocenters. The van der Waals surface area contributed by atoms with Gasteiger partial charge in [0.2, 0.25) is 0 Å². The van der Waals surface area contributed by atoms with Gasteiger partial charge in [-0.05, 0) is 0 Å². The van der Waals surface area contributed by atoms with Crippen molar-refractivity contribution < 1.29 is 54.9 Å². The van der Waals surface area contributed by atoms with Gasteiger partial charge in [0.25, 0.3) is 20.2 Å². The van der Waals surface area contributed by atoms with Crippen molar-refractivity contribution in [3.8, 4) is 0 Å². The van der Waals surface area contributed by atoms with Crippen LogP contribution in [0.15, 0.2) is 0 Å². The van der Waals surface area contributed by atoms with E-state index in [9.17, 15) is 43.0 Å². The van der Waals surface area contributed by atoms with Gasteiger partial charge in [-0.15, -0.1) is 0 Å². The summed E-state index contributed by atoms with van der Waals surface area (Å²) in [5.41, 5.74) is -6.12. The van der Waals surface area contributed by atoms with Crippen LogP contribution >= 0.6 is 7.82 Å². The molecule has 0 bridgehead atoms. The minimum Gasteiger partial charge on any atom is -0.224 e. The number of rotatable bonds is 6. The number of hydrogen-bond acceptors (Lipinski definition) is 10. The Morgan fingerprint density at radius 2 is 1.10 bits per heavy atom. The summed E-state index contributed by atoms with van der Waals surface area (Å²) in [5, 5.41) is 0. The molecule has 0 saturated carbocycles. The molecular weight excluding hydrogens is 380 g/mol. The van der Waals surface area contributed by atoms with Gasteiger partial charge in [0, 0.05) is 0 Å². The summed E-state index contributed by atoms with van der Waals surface area (Å²) in [6, 6.07) is 0. The second-order valence-corrected chi connectivity index (χ2v) is 9.85. The van der Waals surface area contributed by atoms with Crippen LogP contribution in [0.2, 0.25) is 0 Å². The van der Waals surface area contributed by atoms with Gasteiger partial charge < -0.3 is 0 Å². The van der Waals surface area contributed by atoms with E-state index in [0.717, 1.165) is 0 Å². The maximum absolute atomic E-state index is 12.0. The molecule has 0 rings (SSSR count). The van der Waals surface area contributed by atoms with Crippen molar-refractivity contribution >= 4 is 38.2 Å². The molecule has 0 unspecified atom stereocenters. The van der Waals surface area contributed by atoms with Gasteiger partial charge in [0.05, 0.1) is 12.5 Å². The molecule has 0 aromatic rings. The summed E-state index contributed by atoms with van der Waals surface area (Å²) in [5.74, 6) is 0. The number of hydrogen-bond donors (Lipinski definition) is 0. The van der Waals surface area contributed by atoms with E-state index >= 15 is 0 Å². The lowest BCUT2D eigenvalue weighted by atomic mass is 11.6. The molecule has 0 heterocycles. The number of phosphoric acid groups is 1. The first-order valence-electron chi connectivity index (χ1n) is 3.82. The Balaban J connectivity index is 5.78. The average molecular weight is 386 g/mol. The monoisotopic (exact) mass is 386 g/mol. The summed E-state index contributed by atoms with van der Waals surface area (Å²) >= 11 is 0. The van der Waals surface area contributed by atoms with Crippen molar-refractivity contribution in [1.82, 2.24) is 0 Å². The quantitative estimate of drug-likeness (QED) is 0.448. The molecule has 0 amide bonds. The molecule has 0 saturated heterocycles. The highest BCUT2D eigenvalue weighted by molar-refractivity contribution is 7.97. The van der Waals surface area contributed by atoms with Crippen LogP contribution in [0.5, 0.6) is 0 Å². The van der Waals surface area contributed by atoms with Crippen molar-refractivity contribution in [2.24, 2.45) is 0 Å². The van der Waals surface area contributed by atoms with Crippen LogP contribution in [0.4, 0.5) is 13.2 Å². The van der Waals surface area contributed by atoms with E-state index in [1.807, 2.05) is 0 Å². The average Bonchev–Trinajstić information content (AvgIpc) is 1.88. The zero-order valence-corrected chi connectivity index (χ0v) is 12.7. The van der Waals surface area contributed by atoms with Gasteiger partial charge in [0.15, 0.2) is 0 Å². The second-order valence-electron chi connectivity index (χ2n) is 2.98. The van der Waals surface area contributed by atoms with E-state index in [4.69, 9.17) is 0 Å². The molecule has 0 aliphatic rings. The fraction of sp³-hybridized carbons (Fsp3) is 1.00. The minimum atomic E-state index is -6.64. The van der Waals surface area contributed by atoms with E-state index < -0.39 is 43.7 Å². The van der Waals surface area contributed by atoms with Gasteiger partial charge in [-0.2, -0.15) is 50.3 Å². The summed E-state index contributed by atoms with van der Waals surface area (Å²) < 4.78 is 121. The van der Waals surface area contributed by atoms with Crippen LogP contribution < -0.4 is 0 Å². The first-order chi connectivity index (χ1) is 8.37. The van der Waals surface area contributed by atoms with E-state index in [-0.39, 0.29) is 12.5 Å². The third-order valence-electron chi connectivity index (χ3n) is 0.926. The van der Waals surface area contributed by atoms with E-state index in [1.165, 1.54) is 0 Å². The Hall–Kier alpha value is -0.250. The normalized spacial score (nSPS) is 15.2. The van der Waals surface area contributed by atoms with Crippen molar-refractivity contribution in [3.63, 3.8) is 0 Å². The van der Waals surface area contributed by atoms with E-state index in [0.29, 0.717) is 0 Å². The van der Waals surface area contributed by atoms with E-state index in [1.54, 1.807) is 0 Å². The Morgan fingerprint density at radius 3 is 1.30 bits per heavy atom. The minimum absolute atomic E-state index is 0.134. The van der Waals surface area contributed by atoms with Crippen LogP contribution in [0.25, 0.3) is 0 Å². The van der Waals surface area contributed by atoms with Gasteiger partial charge >= 0.3 is 23.4 Å². The SMILES string of the molecule is CS(=O)(=O)OP(=O)(OS(C)(=O)=O)OS(=O)(=O)C(F)(F)F. The number of halogens is 3. The second kappa shape index (κ2) is 5.51. The van der Waals surface area contributed by atoms with Crippen molar-refractivity contribution in [2.45, 2.75) is 5.51 Å². The zero-order chi connectivity index (χ0) is 16.6. The highest BCUT2D eigenvalue weighted by atomic mass is 32.3. The van der Waals surface area contributed by atoms with Gasteiger partial charge in [0.1, 0.15) is 0 Å². The van der Waals surface area contributed by atoms with Gasteiger partial charge in [-0.25, -0.2) is 4.57 Å². The molecule has 0 fully saturated rings. The van der Waals surface area contributed by atoms with Gasteiger partial charge in [-0.1, -0.05) is 0 Å². The van der Waals surface area contributed by atoms with Crippen LogP contribution in [-0.2, 0) is 46.8 Å².